The summed E-state index contributed by atoms with van der Waals surface area (Å²) in [5.74, 6) is 2.73. The van der Waals surface area contributed by atoms with Crippen LogP contribution < -0.4 is 24.8 Å². The van der Waals surface area contributed by atoms with Crippen LogP contribution in [-0.2, 0) is 34.3 Å². The number of hydrogen-bond donors (Lipinski definition) is 3. The van der Waals surface area contributed by atoms with E-state index in [4.69, 9.17) is 25.8 Å². The van der Waals surface area contributed by atoms with Crippen LogP contribution in [0.15, 0.2) is 103 Å². The molecule has 0 radical (unpaired) electrons. The first kappa shape index (κ1) is 44.1. The summed E-state index contributed by atoms with van der Waals surface area (Å²) in [5, 5.41) is 17.8. The molecular weight excluding hydrogens is 810 g/mol. The van der Waals surface area contributed by atoms with Gasteiger partial charge in [0.2, 0.25) is 5.91 Å². The summed E-state index contributed by atoms with van der Waals surface area (Å²) in [5.41, 5.74) is 7.46. The summed E-state index contributed by atoms with van der Waals surface area (Å²) < 4.78 is 18.4. The Balaban J connectivity index is 0.922. The van der Waals surface area contributed by atoms with Crippen molar-refractivity contribution >= 4 is 29.2 Å². The van der Waals surface area contributed by atoms with E-state index in [2.05, 4.69) is 53.7 Å². The van der Waals surface area contributed by atoms with Gasteiger partial charge in [-0.25, -0.2) is 4.79 Å². The topological polar surface area (TPSA) is 119 Å². The fourth-order valence-electron chi connectivity index (χ4n) is 10.6. The van der Waals surface area contributed by atoms with E-state index >= 15 is 0 Å². The molecule has 1 saturated carbocycles. The first-order valence-electron chi connectivity index (χ1n) is 22.7. The third kappa shape index (κ3) is 9.99. The van der Waals surface area contributed by atoms with E-state index in [1.807, 2.05) is 66.9 Å². The lowest BCUT2D eigenvalue weighted by atomic mass is 9.59. The number of carbonyl (C=O) groups excluding carboxylic acids is 1. The van der Waals surface area contributed by atoms with E-state index in [1.165, 1.54) is 22.4 Å². The van der Waals surface area contributed by atoms with Gasteiger partial charge in [0.1, 0.15) is 22.8 Å². The number of ether oxygens (including phenoxy) is 3. The number of fused-ring (bicyclic) bond motifs is 3. The van der Waals surface area contributed by atoms with Crippen molar-refractivity contribution in [2.45, 2.75) is 101 Å². The minimum absolute atomic E-state index is 0.0304. The molecule has 1 unspecified atom stereocenters. The fourth-order valence-corrected chi connectivity index (χ4v) is 10.8. The van der Waals surface area contributed by atoms with Crippen molar-refractivity contribution in [1.29, 1.82) is 0 Å². The zero-order valence-corrected chi connectivity index (χ0v) is 37.5. The zero-order valence-electron chi connectivity index (χ0n) is 36.8. The zero-order chi connectivity index (χ0) is 44.0. The molecule has 330 valence electrons. The molecular formula is C53H60ClN3O6. The number of benzene rings is 4. The number of anilines is 1. The number of hydrogen-bond acceptors (Lipinski definition) is 7. The molecule has 8 rings (SSSR count). The molecule has 1 amide bonds. The molecule has 10 heteroatoms. The second-order valence-corrected chi connectivity index (χ2v) is 18.6. The highest BCUT2D eigenvalue weighted by atomic mass is 35.5. The molecule has 3 N–H and O–H groups in total. The van der Waals surface area contributed by atoms with Crippen molar-refractivity contribution in [3.63, 3.8) is 0 Å². The second kappa shape index (κ2) is 19.5. The van der Waals surface area contributed by atoms with Crippen LogP contribution in [0.4, 0.5) is 5.69 Å². The van der Waals surface area contributed by atoms with Crippen molar-refractivity contribution in [3.05, 3.63) is 136 Å². The Morgan fingerprint density at radius 2 is 1.71 bits per heavy atom. The van der Waals surface area contributed by atoms with Gasteiger partial charge in [0.25, 0.3) is 0 Å². The standard InChI is InChI=1S/C53H60ClN3O6/c1-35(34-63-48-19-25-55-47-16-4-9-36(2)50(47)48)27-41-30-40-17-18-45(33-46(40)52(41)20-22-53(23-21-52,51(59)60)57-43-14-7-13-42(54)32-43)62-26-8-24-56-49(58)29-37-10-5-11-38(28-37)39-12-6-15-44(31-39)61-3/h5-7,10-15,17-19,25,28,31-33,35-36,41,57H,4,8-9,16,20-24,26-27,29-30,34H2,1-3H3,(H,56,58)(H,59,60)/t35-,36-,41?,52?,53?/m1/s1. The van der Waals surface area contributed by atoms with Crippen molar-refractivity contribution in [2.24, 2.45) is 11.8 Å². The minimum atomic E-state index is -1.10. The van der Waals surface area contributed by atoms with Gasteiger partial charge in [-0.15, -0.1) is 0 Å². The van der Waals surface area contributed by atoms with Crippen LogP contribution in [0.5, 0.6) is 17.2 Å². The number of aryl methyl sites for hydroxylation is 1. The van der Waals surface area contributed by atoms with Gasteiger partial charge < -0.3 is 30.0 Å². The molecule has 1 aromatic heterocycles. The highest BCUT2D eigenvalue weighted by molar-refractivity contribution is 6.30. The van der Waals surface area contributed by atoms with Crippen molar-refractivity contribution in [2.75, 3.05) is 32.2 Å². The molecule has 1 fully saturated rings. The highest BCUT2D eigenvalue weighted by Gasteiger charge is 2.54. The number of aromatic nitrogens is 1. The maximum absolute atomic E-state index is 13.1. The number of halogens is 1. The molecule has 3 aliphatic carbocycles. The fraction of sp³-hybridized carbons (Fsp3) is 0.415. The Labute approximate surface area is 376 Å². The van der Waals surface area contributed by atoms with Gasteiger partial charge in [0, 0.05) is 34.7 Å². The molecule has 3 aliphatic rings. The van der Waals surface area contributed by atoms with Gasteiger partial charge in [0.05, 0.1) is 26.7 Å². The maximum Gasteiger partial charge on any atom is 0.329 e. The van der Waals surface area contributed by atoms with Gasteiger partial charge in [-0.1, -0.05) is 74.0 Å². The number of carboxylic acid groups (broad SMARTS) is 1. The lowest BCUT2D eigenvalue weighted by molar-refractivity contribution is -0.144. The van der Waals surface area contributed by atoms with E-state index in [0.717, 1.165) is 78.9 Å². The van der Waals surface area contributed by atoms with Crippen LogP contribution in [-0.4, -0.2) is 54.4 Å². The number of pyridine rings is 1. The number of carbonyl (C=O) groups is 2. The molecule has 0 saturated heterocycles. The average Bonchev–Trinajstić information content (AvgIpc) is 3.57. The summed E-state index contributed by atoms with van der Waals surface area (Å²) in [6.07, 6.45) is 10.5. The molecule has 3 atom stereocenters. The largest absolute Gasteiger partial charge is 0.497 e. The second-order valence-electron chi connectivity index (χ2n) is 18.2. The van der Waals surface area contributed by atoms with Crippen LogP contribution in [0, 0.1) is 11.8 Å². The van der Waals surface area contributed by atoms with Gasteiger partial charge >= 0.3 is 5.97 Å². The minimum Gasteiger partial charge on any atom is -0.497 e. The van der Waals surface area contributed by atoms with Crippen LogP contribution >= 0.6 is 11.6 Å². The third-order valence-corrected chi connectivity index (χ3v) is 14.1. The first-order chi connectivity index (χ1) is 30.5. The van der Waals surface area contributed by atoms with E-state index in [-0.39, 0.29) is 17.2 Å². The van der Waals surface area contributed by atoms with Gasteiger partial charge in [-0.3, -0.25) is 9.78 Å². The van der Waals surface area contributed by atoms with E-state index in [1.54, 1.807) is 19.2 Å². The molecule has 5 aromatic rings. The molecule has 1 heterocycles. The van der Waals surface area contributed by atoms with Crippen LogP contribution in [0.25, 0.3) is 11.1 Å². The number of nitrogens with one attached hydrogen (secondary N) is 2. The molecule has 4 aromatic carbocycles. The van der Waals surface area contributed by atoms with Gasteiger partial charge in [0.15, 0.2) is 0 Å². The molecule has 63 heavy (non-hydrogen) atoms. The Hall–Kier alpha value is -5.54. The molecule has 1 spiro atoms. The number of rotatable bonds is 17. The van der Waals surface area contributed by atoms with Crippen molar-refractivity contribution in [3.8, 4) is 28.4 Å². The molecule has 0 bridgehead atoms. The Morgan fingerprint density at radius 3 is 2.51 bits per heavy atom. The average molecular weight is 871 g/mol. The quantitative estimate of drug-likeness (QED) is 0.0791. The van der Waals surface area contributed by atoms with Crippen LogP contribution in [0.1, 0.15) is 99.1 Å². The van der Waals surface area contributed by atoms with E-state index in [9.17, 15) is 14.7 Å². The van der Waals surface area contributed by atoms with E-state index < -0.39 is 11.5 Å². The highest BCUT2D eigenvalue weighted by Crippen LogP contribution is 2.57. The first-order valence-corrected chi connectivity index (χ1v) is 23.1. The lowest BCUT2D eigenvalue weighted by Gasteiger charge is -2.47. The van der Waals surface area contributed by atoms with Gasteiger partial charge in [-0.2, -0.15) is 0 Å². The van der Waals surface area contributed by atoms with Crippen molar-refractivity contribution in [1.82, 2.24) is 10.3 Å². The summed E-state index contributed by atoms with van der Waals surface area (Å²) in [6, 6.07) is 31.8. The third-order valence-electron chi connectivity index (χ3n) is 13.9. The Morgan fingerprint density at radius 1 is 0.921 bits per heavy atom. The summed E-state index contributed by atoms with van der Waals surface area (Å²) in [6.45, 7) is 6.13. The van der Waals surface area contributed by atoms with Gasteiger partial charge in [-0.05, 0) is 164 Å². The summed E-state index contributed by atoms with van der Waals surface area (Å²) in [4.78, 5) is 30.7. The monoisotopic (exact) mass is 869 g/mol. The number of amides is 1. The lowest BCUT2D eigenvalue weighted by Crippen LogP contribution is -2.53. The smallest absolute Gasteiger partial charge is 0.329 e. The number of carboxylic acids is 1. The normalized spacial score (nSPS) is 21.8. The van der Waals surface area contributed by atoms with E-state index in [0.29, 0.717) is 68.0 Å². The Bertz CT molecular complexity index is 2410. The predicted molar refractivity (Wildman–Crippen MR) is 249 cm³/mol. The molecule has 0 aliphatic heterocycles. The van der Waals surface area contributed by atoms with Crippen LogP contribution in [0.2, 0.25) is 5.02 Å². The number of nitrogens with zero attached hydrogens (tertiary/aromatic N) is 1. The summed E-state index contributed by atoms with van der Waals surface area (Å²) in [7, 11) is 1.66. The maximum atomic E-state index is 13.1. The Kier molecular flexibility index (Phi) is 13.6. The SMILES string of the molecule is COc1cccc(-c2cccc(CC(=O)NCCCOc3ccc4c(c3)C3(CCC(Nc5cccc(Cl)c5)(C(=O)O)CC3)C(C[C@@H](C)COc3ccnc5c3[C@H](C)CCC5)C4)c2)c1. The predicted octanol–water partition coefficient (Wildman–Crippen LogP) is 11.0. The summed E-state index contributed by atoms with van der Waals surface area (Å²) >= 11 is 6.32. The van der Waals surface area contributed by atoms with Crippen molar-refractivity contribution < 1.29 is 28.9 Å². The number of aliphatic carboxylic acids is 1. The molecule has 9 nitrogen and oxygen atoms in total. The van der Waals surface area contributed by atoms with Crippen LogP contribution in [0.3, 0.4) is 0 Å². The number of methoxy groups -OCH3 is 1.